The van der Waals surface area contributed by atoms with Gasteiger partial charge in [0.2, 0.25) is 0 Å². The quantitative estimate of drug-likeness (QED) is 0.820. The van der Waals surface area contributed by atoms with Gasteiger partial charge in [-0.25, -0.2) is 0 Å². The molecule has 1 aromatic heterocycles. The van der Waals surface area contributed by atoms with E-state index in [9.17, 15) is 14.7 Å². The standard InChI is InChI=1S/C14H9Cl3N2O3/c15-8-3-9(12(20)10(16)4-8)14(22)19-6-7-1-2-11(13(17)21)18-5-7/h1-5,20H,6H2,(H,19,22). The first kappa shape index (κ1) is 16.5. The van der Waals surface area contributed by atoms with Crippen LogP contribution in [0.5, 0.6) is 5.75 Å². The van der Waals surface area contributed by atoms with Gasteiger partial charge in [-0.3, -0.25) is 14.6 Å². The molecule has 0 saturated heterocycles. The summed E-state index contributed by atoms with van der Waals surface area (Å²) < 4.78 is 0. The van der Waals surface area contributed by atoms with E-state index in [1.165, 1.54) is 24.4 Å². The molecule has 22 heavy (non-hydrogen) atoms. The van der Waals surface area contributed by atoms with Gasteiger partial charge in [0.25, 0.3) is 11.1 Å². The Labute approximate surface area is 140 Å². The Kier molecular flexibility index (Phi) is 5.24. The largest absolute Gasteiger partial charge is 0.506 e. The van der Waals surface area contributed by atoms with Crippen molar-refractivity contribution in [2.45, 2.75) is 6.54 Å². The predicted octanol–water partition coefficient (Wildman–Crippen LogP) is 3.40. The maximum Gasteiger partial charge on any atom is 0.270 e. The number of hydrogen-bond acceptors (Lipinski definition) is 4. The molecule has 0 radical (unpaired) electrons. The number of benzene rings is 1. The molecule has 2 rings (SSSR count). The highest BCUT2D eigenvalue weighted by atomic mass is 35.5. The molecule has 0 aliphatic heterocycles. The number of carbonyl (C=O) groups excluding carboxylic acids is 2. The van der Waals surface area contributed by atoms with Crippen LogP contribution in [0.2, 0.25) is 10.0 Å². The van der Waals surface area contributed by atoms with Gasteiger partial charge >= 0.3 is 0 Å². The lowest BCUT2D eigenvalue weighted by molar-refractivity contribution is 0.0947. The van der Waals surface area contributed by atoms with Crippen molar-refractivity contribution in [3.63, 3.8) is 0 Å². The lowest BCUT2D eigenvalue weighted by Gasteiger charge is -2.08. The fourth-order valence-electron chi connectivity index (χ4n) is 1.66. The number of amides is 1. The second-order valence-corrected chi connectivity index (χ2v) is 5.48. The summed E-state index contributed by atoms with van der Waals surface area (Å²) in [4.78, 5) is 26.8. The molecule has 0 spiro atoms. The molecule has 1 amide bonds. The second-order valence-electron chi connectivity index (χ2n) is 4.29. The SMILES string of the molecule is O=C(Cl)c1ccc(CNC(=O)c2cc(Cl)cc(Cl)c2O)cn1. The van der Waals surface area contributed by atoms with E-state index < -0.39 is 11.1 Å². The molecule has 0 aliphatic carbocycles. The molecule has 0 atom stereocenters. The van der Waals surface area contributed by atoms with E-state index in [1.807, 2.05) is 0 Å². The van der Waals surface area contributed by atoms with Crippen molar-refractivity contribution in [1.82, 2.24) is 10.3 Å². The fraction of sp³-hybridized carbons (Fsp3) is 0.0714. The minimum Gasteiger partial charge on any atom is -0.506 e. The average Bonchev–Trinajstić information content (AvgIpc) is 2.48. The minimum atomic E-state index is -0.658. The molecule has 8 heteroatoms. The van der Waals surface area contributed by atoms with Crippen LogP contribution in [0.15, 0.2) is 30.5 Å². The number of rotatable bonds is 4. The third kappa shape index (κ3) is 3.88. The molecule has 1 aromatic carbocycles. The topological polar surface area (TPSA) is 79.3 Å². The van der Waals surface area contributed by atoms with Crippen LogP contribution in [0.4, 0.5) is 0 Å². The summed E-state index contributed by atoms with van der Waals surface area (Å²) in [5.74, 6) is -0.885. The minimum absolute atomic E-state index is 0.00991. The molecule has 2 aromatic rings. The molecule has 5 nitrogen and oxygen atoms in total. The maximum atomic E-state index is 12.0. The van der Waals surface area contributed by atoms with Gasteiger partial charge in [-0.15, -0.1) is 0 Å². The third-order valence-electron chi connectivity index (χ3n) is 2.75. The highest BCUT2D eigenvalue weighted by molar-refractivity contribution is 6.67. The van der Waals surface area contributed by atoms with Crippen LogP contribution in [-0.2, 0) is 6.54 Å². The van der Waals surface area contributed by atoms with Crippen LogP contribution in [-0.4, -0.2) is 21.2 Å². The number of pyridine rings is 1. The average molecular weight is 360 g/mol. The van der Waals surface area contributed by atoms with E-state index in [1.54, 1.807) is 6.07 Å². The molecule has 0 aliphatic rings. The number of aromatic hydroxyl groups is 1. The van der Waals surface area contributed by atoms with Crippen LogP contribution in [0.25, 0.3) is 0 Å². The van der Waals surface area contributed by atoms with Crippen molar-refractivity contribution in [2.24, 2.45) is 0 Å². The molecule has 0 bridgehead atoms. The van der Waals surface area contributed by atoms with Crippen LogP contribution >= 0.6 is 34.8 Å². The first-order chi connectivity index (χ1) is 10.4. The smallest absolute Gasteiger partial charge is 0.270 e. The lowest BCUT2D eigenvalue weighted by Crippen LogP contribution is -2.23. The number of aromatic nitrogens is 1. The van der Waals surface area contributed by atoms with Gasteiger partial charge in [0.15, 0.2) is 0 Å². The number of nitrogens with one attached hydrogen (secondary N) is 1. The van der Waals surface area contributed by atoms with Crippen molar-refractivity contribution >= 4 is 46.0 Å². The van der Waals surface area contributed by atoms with Gasteiger partial charge in [-0.2, -0.15) is 0 Å². The highest BCUT2D eigenvalue weighted by Gasteiger charge is 2.15. The number of carbonyl (C=O) groups is 2. The van der Waals surface area contributed by atoms with E-state index >= 15 is 0 Å². The number of halogens is 3. The molecular weight excluding hydrogens is 351 g/mol. The lowest BCUT2D eigenvalue weighted by atomic mass is 10.1. The van der Waals surface area contributed by atoms with Crippen LogP contribution < -0.4 is 5.32 Å². The normalized spacial score (nSPS) is 10.3. The molecule has 1 heterocycles. The molecule has 2 N–H and O–H groups in total. The van der Waals surface area contributed by atoms with Crippen LogP contribution in [0, 0.1) is 0 Å². The van der Waals surface area contributed by atoms with E-state index in [2.05, 4.69) is 10.3 Å². The van der Waals surface area contributed by atoms with Crippen LogP contribution in [0.3, 0.4) is 0 Å². The van der Waals surface area contributed by atoms with E-state index in [-0.39, 0.29) is 33.6 Å². The van der Waals surface area contributed by atoms with E-state index in [0.717, 1.165) is 0 Å². The Hall–Kier alpha value is -1.82. The third-order valence-corrected chi connectivity index (χ3v) is 3.45. The highest BCUT2D eigenvalue weighted by Crippen LogP contribution is 2.31. The number of hydrogen-bond donors (Lipinski definition) is 2. The Morgan fingerprint density at radius 1 is 1.23 bits per heavy atom. The monoisotopic (exact) mass is 358 g/mol. The van der Waals surface area contributed by atoms with Gasteiger partial charge in [-0.05, 0) is 35.4 Å². The van der Waals surface area contributed by atoms with Crippen molar-refractivity contribution < 1.29 is 14.7 Å². The Balaban J connectivity index is 2.08. The molecule has 0 unspecified atom stereocenters. The molecule has 114 valence electrons. The molecule has 0 saturated carbocycles. The second kappa shape index (κ2) is 6.96. The first-order valence-corrected chi connectivity index (χ1v) is 7.13. The summed E-state index contributed by atoms with van der Waals surface area (Å²) in [5, 5.41) is 11.9. The summed E-state index contributed by atoms with van der Waals surface area (Å²) >= 11 is 16.8. The van der Waals surface area contributed by atoms with Gasteiger partial charge < -0.3 is 10.4 Å². The summed E-state index contributed by atoms with van der Waals surface area (Å²) in [5.41, 5.74) is 0.747. The fourth-order valence-corrected chi connectivity index (χ4v) is 2.27. The first-order valence-electron chi connectivity index (χ1n) is 5.99. The summed E-state index contributed by atoms with van der Waals surface area (Å²) in [7, 11) is 0. The van der Waals surface area contributed by atoms with Gasteiger partial charge in [0.1, 0.15) is 11.4 Å². The Bertz CT molecular complexity index is 733. The Morgan fingerprint density at radius 2 is 1.95 bits per heavy atom. The maximum absolute atomic E-state index is 12.0. The summed E-state index contributed by atoms with van der Waals surface area (Å²) in [6, 6.07) is 5.70. The van der Waals surface area contributed by atoms with Gasteiger partial charge in [0, 0.05) is 17.8 Å². The van der Waals surface area contributed by atoms with Crippen LogP contribution in [0.1, 0.15) is 26.4 Å². The van der Waals surface area contributed by atoms with E-state index in [0.29, 0.717) is 5.56 Å². The molecule has 0 fully saturated rings. The summed E-state index contributed by atoms with van der Waals surface area (Å²) in [6.45, 7) is 0.145. The zero-order valence-corrected chi connectivity index (χ0v) is 13.2. The summed E-state index contributed by atoms with van der Waals surface area (Å²) in [6.07, 6.45) is 1.42. The zero-order valence-electron chi connectivity index (χ0n) is 10.9. The van der Waals surface area contributed by atoms with E-state index in [4.69, 9.17) is 34.8 Å². The van der Waals surface area contributed by atoms with Crippen molar-refractivity contribution in [3.05, 3.63) is 57.3 Å². The zero-order chi connectivity index (χ0) is 16.3. The number of phenols is 1. The number of nitrogens with zero attached hydrogens (tertiary/aromatic N) is 1. The van der Waals surface area contributed by atoms with Crippen molar-refractivity contribution in [3.8, 4) is 5.75 Å². The Morgan fingerprint density at radius 3 is 2.55 bits per heavy atom. The molecular formula is C14H9Cl3N2O3. The number of phenolic OH excluding ortho intramolecular Hbond substituents is 1. The van der Waals surface area contributed by atoms with Gasteiger partial charge in [-0.1, -0.05) is 29.3 Å². The van der Waals surface area contributed by atoms with Gasteiger partial charge in [0.05, 0.1) is 10.6 Å². The van der Waals surface area contributed by atoms with Crippen molar-refractivity contribution in [1.29, 1.82) is 0 Å². The van der Waals surface area contributed by atoms with Crippen molar-refractivity contribution in [2.75, 3.05) is 0 Å². The predicted molar refractivity (Wildman–Crippen MR) is 83.7 cm³/mol.